The lowest BCUT2D eigenvalue weighted by molar-refractivity contribution is 0.102. The number of hydrogen-bond donors (Lipinski definition) is 1. The van der Waals surface area contributed by atoms with E-state index in [1.807, 2.05) is 42.2 Å². The minimum absolute atomic E-state index is 0.263. The molecule has 2 aromatic carbocycles. The molecule has 0 atom stereocenters. The molecule has 0 bridgehead atoms. The first-order valence-electron chi connectivity index (χ1n) is 8.87. The van der Waals surface area contributed by atoms with Crippen molar-refractivity contribution in [2.45, 2.75) is 13.5 Å². The third-order valence-electron chi connectivity index (χ3n) is 4.17. The average Bonchev–Trinajstić information content (AvgIpc) is 2.73. The second kappa shape index (κ2) is 9.19. The van der Waals surface area contributed by atoms with Gasteiger partial charge in [0.05, 0.1) is 12.8 Å². The van der Waals surface area contributed by atoms with Crippen LogP contribution in [0.25, 0.3) is 0 Å². The summed E-state index contributed by atoms with van der Waals surface area (Å²) in [6.45, 7) is 3.39. The molecule has 0 fully saturated rings. The number of nitrogens with one attached hydrogen (secondary N) is 1. The van der Waals surface area contributed by atoms with Gasteiger partial charge in [-0.3, -0.25) is 4.79 Å². The molecule has 0 spiro atoms. The molecule has 1 aromatic heterocycles. The Morgan fingerprint density at radius 3 is 2.68 bits per heavy atom. The van der Waals surface area contributed by atoms with Crippen LogP contribution in [-0.4, -0.2) is 29.5 Å². The number of rotatable bonds is 7. The zero-order chi connectivity index (χ0) is 19.9. The van der Waals surface area contributed by atoms with Crippen LogP contribution in [0.3, 0.4) is 0 Å². The van der Waals surface area contributed by atoms with Gasteiger partial charge in [-0.15, -0.1) is 0 Å². The van der Waals surface area contributed by atoms with Gasteiger partial charge >= 0.3 is 0 Å². The van der Waals surface area contributed by atoms with E-state index in [2.05, 4.69) is 15.3 Å². The maximum Gasteiger partial charge on any atom is 0.274 e. The van der Waals surface area contributed by atoms with Gasteiger partial charge in [0, 0.05) is 24.3 Å². The van der Waals surface area contributed by atoms with Gasteiger partial charge in [0.25, 0.3) is 5.91 Å². The number of aromatic nitrogens is 2. The summed E-state index contributed by atoms with van der Waals surface area (Å²) in [4.78, 5) is 23.5. The lowest BCUT2D eigenvalue weighted by Crippen LogP contribution is -2.25. The number of ether oxygens (including phenoxy) is 1. The molecule has 1 N–H and O–H groups in total. The summed E-state index contributed by atoms with van der Waals surface area (Å²) < 4.78 is 5.27. The predicted molar refractivity (Wildman–Crippen MR) is 111 cm³/mol. The molecule has 144 valence electrons. The third-order valence-corrected chi connectivity index (χ3v) is 4.40. The van der Waals surface area contributed by atoms with Gasteiger partial charge in [0.2, 0.25) is 5.95 Å². The summed E-state index contributed by atoms with van der Waals surface area (Å²) in [7, 11) is 1.53. The van der Waals surface area contributed by atoms with Crippen molar-refractivity contribution in [2.75, 3.05) is 23.9 Å². The first-order valence-corrected chi connectivity index (χ1v) is 9.25. The van der Waals surface area contributed by atoms with Gasteiger partial charge in [-0.2, -0.15) is 0 Å². The molecule has 0 saturated heterocycles. The molecule has 1 amide bonds. The molecule has 7 heteroatoms. The molecule has 0 aliphatic heterocycles. The Hall–Kier alpha value is -3.12. The van der Waals surface area contributed by atoms with Crippen LogP contribution in [0.4, 0.5) is 11.6 Å². The minimum atomic E-state index is -0.361. The number of methoxy groups -OCH3 is 1. The first-order chi connectivity index (χ1) is 13.6. The van der Waals surface area contributed by atoms with Crippen LogP contribution in [0.15, 0.2) is 60.8 Å². The Labute approximate surface area is 169 Å². The second-order valence-corrected chi connectivity index (χ2v) is 6.48. The maximum atomic E-state index is 12.7. The van der Waals surface area contributed by atoms with Gasteiger partial charge in [0.15, 0.2) is 0 Å². The summed E-state index contributed by atoms with van der Waals surface area (Å²) in [5, 5.41) is 3.29. The van der Waals surface area contributed by atoms with E-state index in [1.54, 1.807) is 30.5 Å². The van der Waals surface area contributed by atoms with Crippen molar-refractivity contribution in [3.8, 4) is 5.75 Å². The van der Waals surface area contributed by atoms with Crippen LogP contribution < -0.4 is 15.0 Å². The Morgan fingerprint density at radius 1 is 1.18 bits per heavy atom. The van der Waals surface area contributed by atoms with Gasteiger partial charge < -0.3 is 15.0 Å². The number of halogens is 1. The van der Waals surface area contributed by atoms with Gasteiger partial charge in [-0.1, -0.05) is 41.9 Å². The molecular weight excluding hydrogens is 376 g/mol. The Morgan fingerprint density at radius 2 is 1.96 bits per heavy atom. The van der Waals surface area contributed by atoms with Gasteiger partial charge in [-0.05, 0) is 36.8 Å². The predicted octanol–water partition coefficient (Wildman–Crippen LogP) is 4.42. The molecule has 6 nitrogen and oxygen atoms in total. The fraction of sp³-hybridized carbons (Fsp3) is 0.190. The van der Waals surface area contributed by atoms with Crippen LogP contribution in [0.2, 0.25) is 5.02 Å². The summed E-state index contributed by atoms with van der Waals surface area (Å²) in [6.07, 6.45) is 1.58. The molecule has 3 aromatic rings. The molecular formula is C21H21ClN4O2. The second-order valence-electron chi connectivity index (χ2n) is 6.04. The minimum Gasteiger partial charge on any atom is -0.495 e. The lowest BCUT2D eigenvalue weighted by Gasteiger charge is -2.21. The quantitative estimate of drug-likeness (QED) is 0.640. The zero-order valence-corrected chi connectivity index (χ0v) is 16.5. The van der Waals surface area contributed by atoms with E-state index in [0.29, 0.717) is 35.5 Å². The van der Waals surface area contributed by atoms with Crippen molar-refractivity contribution in [3.05, 3.63) is 77.1 Å². The van der Waals surface area contributed by atoms with Crippen molar-refractivity contribution >= 4 is 29.1 Å². The maximum absolute atomic E-state index is 12.7. The van der Waals surface area contributed by atoms with Crippen LogP contribution in [-0.2, 0) is 6.54 Å². The van der Waals surface area contributed by atoms with Crippen molar-refractivity contribution in [2.24, 2.45) is 0 Å². The number of carbonyl (C=O) groups excluding carboxylic acids is 1. The topological polar surface area (TPSA) is 67.4 Å². The monoisotopic (exact) mass is 396 g/mol. The van der Waals surface area contributed by atoms with E-state index in [-0.39, 0.29) is 11.6 Å². The number of hydrogen-bond acceptors (Lipinski definition) is 5. The van der Waals surface area contributed by atoms with Crippen molar-refractivity contribution in [1.29, 1.82) is 0 Å². The largest absolute Gasteiger partial charge is 0.495 e. The van der Waals surface area contributed by atoms with Crippen LogP contribution in [0, 0.1) is 0 Å². The molecule has 28 heavy (non-hydrogen) atoms. The molecule has 0 saturated carbocycles. The van der Waals surface area contributed by atoms with E-state index in [1.165, 1.54) is 7.11 Å². The smallest absolute Gasteiger partial charge is 0.274 e. The molecule has 3 rings (SSSR count). The van der Waals surface area contributed by atoms with Crippen molar-refractivity contribution in [3.63, 3.8) is 0 Å². The Kier molecular flexibility index (Phi) is 6.45. The van der Waals surface area contributed by atoms with E-state index in [9.17, 15) is 4.79 Å². The Bertz CT molecular complexity index is 950. The van der Waals surface area contributed by atoms with Gasteiger partial charge in [0.1, 0.15) is 11.4 Å². The van der Waals surface area contributed by atoms with E-state index >= 15 is 0 Å². The summed E-state index contributed by atoms with van der Waals surface area (Å²) in [5.74, 6) is 0.656. The number of amides is 1. The van der Waals surface area contributed by atoms with Crippen LogP contribution >= 0.6 is 11.6 Å². The highest BCUT2D eigenvalue weighted by Crippen LogP contribution is 2.28. The number of nitrogens with zero attached hydrogens (tertiary/aromatic N) is 3. The Balaban J connectivity index is 1.80. The normalized spacial score (nSPS) is 10.4. The van der Waals surface area contributed by atoms with Crippen molar-refractivity contribution in [1.82, 2.24) is 9.97 Å². The van der Waals surface area contributed by atoms with Gasteiger partial charge in [-0.25, -0.2) is 9.97 Å². The highest BCUT2D eigenvalue weighted by molar-refractivity contribution is 6.31. The standard InChI is InChI=1S/C21H21ClN4O2/c1-3-26(14-15-7-5-4-6-8-15)21-23-12-11-17(25-21)20(27)24-18-13-16(22)9-10-19(18)28-2/h4-13H,3,14H2,1-2H3,(H,24,27). The zero-order valence-electron chi connectivity index (χ0n) is 15.7. The summed E-state index contributed by atoms with van der Waals surface area (Å²) >= 11 is 6.03. The molecule has 0 aliphatic rings. The fourth-order valence-corrected chi connectivity index (χ4v) is 2.89. The van der Waals surface area contributed by atoms with E-state index in [0.717, 1.165) is 5.56 Å². The molecule has 1 heterocycles. The van der Waals surface area contributed by atoms with E-state index < -0.39 is 0 Å². The van der Waals surface area contributed by atoms with Crippen LogP contribution in [0.5, 0.6) is 5.75 Å². The lowest BCUT2D eigenvalue weighted by atomic mass is 10.2. The fourth-order valence-electron chi connectivity index (χ4n) is 2.72. The SMILES string of the molecule is CCN(Cc1ccccc1)c1nccc(C(=O)Nc2cc(Cl)ccc2OC)n1. The number of anilines is 2. The summed E-state index contributed by atoms with van der Waals surface area (Å²) in [6, 6.07) is 16.7. The van der Waals surface area contributed by atoms with Crippen LogP contribution in [0.1, 0.15) is 23.0 Å². The highest BCUT2D eigenvalue weighted by atomic mass is 35.5. The highest BCUT2D eigenvalue weighted by Gasteiger charge is 2.15. The molecule has 0 radical (unpaired) electrons. The van der Waals surface area contributed by atoms with Crippen molar-refractivity contribution < 1.29 is 9.53 Å². The third kappa shape index (κ3) is 4.78. The number of carbonyl (C=O) groups is 1. The first kappa shape index (κ1) is 19.6. The van der Waals surface area contributed by atoms with E-state index in [4.69, 9.17) is 16.3 Å². The number of benzene rings is 2. The summed E-state index contributed by atoms with van der Waals surface area (Å²) in [5.41, 5.74) is 1.89. The molecule has 0 aliphatic carbocycles. The molecule has 0 unspecified atom stereocenters. The average molecular weight is 397 g/mol.